The molecule has 0 fully saturated rings. The van der Waals surface area contributed by atoms with Gasteiger partial charge in [0.2, 0.25) is 0 Å². The van der Waals surface area contributed by atoms with E-state index in [1.165, 1.54) is 0 Å². The number of aryl methyl sites for hydroxylation is 2. The van der Waals surface area contributed by atoms with Gasteiger partial charge in [-0.1, -0.05) is 0 Å². The fraction of sp³-hybridized carbons (Fsp3) is 0.308. The smallest absolute Gasteiger partial charge is 0.290 e. The first-order chi connectivity index (χ1) is 8.49. The molecule has 0 atom stereocenters. The molecule has 94 valence electrons. The highest BCUT2D eigenvalue weighted by molar-refractivity contribution is 5.95. The molecule has 1 N–H and O–H groups in total. The Morgan fingerprint density at radius 1 is 1.39 bits per heavy atom. The highest BCUT2D eigenvalue weighted by Gasteiger charge is 2.15. The number of imidazole rings is 1. The third-order valence-corrected chi connectivity index (χ3v) is 2.55. The van der Waals surface area contributed by atoms with Gasteiger partial charge in [0, 0.05) is 11.9 Å². The molecular formula is C13H16N4O. The standard InChI is InChI=1S/C13H16N4O/c1-8(2)15-16-13(18)12-10(4)14-11-7-9(3)5-6-17(11)12/h5-7H,1-4H3,(H,16,18). The van der Waals surface area contributed by atoms with E-state index in [0.717, 1.165) is 16.9 Å². The molecule has 0 aliphatic heterocycles. The molecule has 1 amide bonds. The lowest BCUT2D eigenvalue weighted by atomic mass is 10.3. The second kappa shape index (κ2) is 4.60. The first-order valence-corrected chi connectivity index (χ1v) is 5.75. The number of hydrazone groups is 1. The minimum Gasteiger partial charge on any atom is -0.295 e. The maximum absolute atomic E-state index is 12.1. The minimum atomic E-state index is -0.245. The second-order valence-electron chi connectivity index (χ2n) is 4.48. The quantitative estimate of drug-likeness (QED) is 0.649. The summed E-state index contributed by atoms with van der Waals surface area (Å²) in [7, 11) is 0. The number of aromatic nitrogens is 2. The molecule has 0 bridgehead atoms. The lowest BCUT2D eigenvalue weighted by Gasteiger charge is -2.02. The van der Waals surface area contributed by atoms with Gasteiger partial charge in [-0.3, -0.25) is 9.20 Å². The molecule has 0 aliphatic rings. The van der Waals surface area contributed by atoms with Crippen LogP contribution in [0.5, 0.6) is 0 Å². The normalized spacial score (nSPS) is 10.4. The van der Waals surface area contributed by atoms with Crippen LogP contribution in [-0.2, 0) is 0 Å². The number of nitrogens with one attached hydrogen (secondary N) is 1. The van der Waals surface area contributed by atoms with Gasteiger partial charge in [0.1, 0.15) is 11.3 Å². The summed E-state index contributed by atoms with van der Waals surface area (Å²) in [6.07, 6.45) is 1.85. The molecule has 2 aromatic heterocycles. The number of nitrogens with zero attached hydrogens (tertiary/aromatic N) is 3. The molecule has 2 aromatic rings. The molecule has 5 heteroatoms. The number of hydrogen-bond acceptors (Lipinski definition) is 3. The molecule has 0 unspecified atom stereocenters. The van der Waals surface area contributed by atoms with Crippen LogP contribution in [0.4, 0.5) is 0 Å². The molecule has 0 aromatic carbocycles. The lowest BCUT2D eigenvalue weighted by molar-refractivity contribution is 0.0948. The van der Waals surface area contributed by atoms with Gasteiger partial charge >= 0.3 is 0 Å². The number of carbonyl (C=O) groups excluding carboxylic acids is 1. The lowest BCUT2D eigenvalue weighted by Crippen LogP contribution is -2.21. The number of amides is 1. The Labute approximate surface area is 106 Å². The van der Waals surface area contributed by atoms with Gasteiger partial charge < -0.3 is 0 Å². The van der Waals surface area contributed by atoms with Crippen molar-refractivity contribution >= 4 is 17.3 Å². The zero-order valence-corrected chi connectivity index (χ0v) is 11.0. The topological polar surface area (TPSA) is 58.8 Å². The molecule has 0 saturated heterocycles. The third kappa shape index (κ3) is 2.25. The van der Waals surface area contributed by atoms with Crippen LogP contribution in [0.25, 0.3) is 5.65 Å². The van der Waals surface area contributed by atoms with E-state index < -0.39 is 0 Å². The van der Waals surface area contributed by atoms with Crippen LogP contribution in [0.1, 0.15) is 35.6 Å². The van der Waals surface area contributed by atoms with Crippen LogP contribution in [0.15, 0.2) is 23.4 Å². The Morgan fingerprint density at radius 2 is 2.11 bits per heavy atom. The monoisotopic (exact) mass is 244 g/mol. The third-order valence-electron chi connectivity index (χ3n) is 2.55. The summed E-state index contributed by atoms with van der Waals surface area (Å²) in [5.41, 5.74) is 6.42. The van der Waals surface area contributed by atoms with Crippen LogP contribution in [0.3, 0.4) is 0 Å². The van der Waals surface area contributed by atoms with Crippen LogP contribution in [-0.4, -0.2) is 21.0 Å². The summed E-state index contributed by atoms with van der Waals surface area (Å²) >= 11 is 0. The van der Waals surface area contributed by atoms with Crippen molar-refractivity contribution in [3.8, 4) is 0 Å². The average Bonchev–Trinajstić information content (AvgIpc) is 2.61. The molecule has 0 spiro atoms. The van der Waals surface area contributed by atoms with Crippen LogP contribution < -0.4 is 5.43 Å². The van der Waals surface area contributed by atoms with E-state index >= 15 is 0 Å². The zero-order valence-electron chi connectivity index (χ0n) is 11.0. The first-order valence-electron chi connectivity index (χ1n) is 5.75. The largest absolute Gasteiger partial charge is 0.295 e. The Hall–Kier alpha value is -2.17. The summed E-state index contributed by atoms with van der Waals surface area (Å²) < 4.78 is 1.78. The molecule has 18 heavy (non-hydrogen) atoms. The van der Waals surface area contributed by atoms with Gasteiger partial charge in [-0.25, -0.2) is 10.4 Å². The Bertz CT molecular complexity index is 636. The molecule has 2 heterocycles. The fourth-order valence-corrected chi connectivity index (χ4v) is 1.75. The van der Waals surface area contributed by atoms with Gasteiger partial charge in [-0.15, -0.1) is 0 Å². The highest BCUT2D eigenvalue weighted by Crippen LogP contribution is 2.13. The van der Waals surface area contributed by atoms with E-state index in [0.29, 0.717) is 11.4 Å². The molecule has 0 aliphatic carbocycles. The first kappa shape index (κ1) is 12.3. The maximum atomic E-state index is 12.1. The Morgan fingerprint density at radius 3 is 2.78 bits per heavy atom. The van der Waals surface area contributed by atoms with E-state index in [1.807, 2.05) is 46.0 Å². The van der Waals surface area contributed by atoms with E-state index in [4.69, 9.17) is 0 Å². The summed E-state index contributed by atoms with van der Waals surface area (Å²) in [5.74, 6) is -0.245. The van der Waals surface area contributed by atoms with Crippen molar-refractivity contribution in [1.82, 2.24) is 14.8 Å². The molecular weight excluding hydrogens is 228 g/mol. The van der Waals surface area contributed by atoms with Crippen LogP contribution >= 0.6 is 0 Å². The SMILES string of the molecule is CC(C)=NNC(=O)c1c(C)nc2cc(C)ccn12. The number of rotatable bonds is 2. The van der Waals surface area contributed by atoms with Gasteiger partial charge in [-0.2, -0.15) is 5.10 Å². The minimum absolute atomic E-state index is 0.245. The predicted octanol–water partition coefficient (Wildman–Crippen LogP) is 2.08. The van der Waals surface area contributed by atoms with Crippen molar-refractivity contribution in [3.63, 3.8) is 0 Å². The Kier molecular flexibility index (Phi) is 3.14. The predicted molar refractivity (Wildman–Crippen MR) is 70.9 cm³/mol. The van der Waals surface area contributed by atoms with Gasteiger partial charge in [0.05, 0.1) is 5.69 Å². The molecule has 5 nitrogen and oxygen atoms in total. The van der Waals surface area contributed by atoms with Gasteiger partial charge in [0.15, 0.2) is 0 Å². The van der Waals surface area contributed by atoms with Crippen molar-refractivity contribution in [2.75, 3.05) is 0 Å². The van der Waals surface area contributed by atoms with Crippen molar-refractivity contribution in [2.45, 2.75) is 27.7 Å². The van der Waals surface area contributed by atoms with E-state index in [1.54, 1.807) is 4.40 Å². The maximum Gasteiger partial charge on any atom is 0.290 e. The zero-order chi connectivity index (χ0) is 13.3. The molecule has 0 saturated carbocycles. The number of fused-ring (bicyclic) bond motifs is 1. The molecule has 0 radical (unpaired) electrons. The van der Waals surface area contributed by atoms with Crippen molar-refractivity contribution in [1.29, 1.82) is 0 Å². The fourth-order valence-electron chi connectivity index (χ4n) is 1.75. The Balaban J connectivity index is 2.47. The summed E-state index contributed by atoms with van der Waals surface area (Å²) in [5, 5.41) is 3.92. The van der Waals surface area contributed by atoms with E-state index in [2.05, 4.69) is 15.5 Å². The highest BCUT2D eigenvalue weighted by atomic mass is 16.2. The van der Waals surface area contributed by atoms with Gasteiger partial charge in [0.25, 0.3) is 5.91 Å². The van der Waals surface area contributed by atoms with Crippen molar-refractivity contribution < 1.29 is 4.79 Å². The second-order valence-corrected chi connectivity index (χ2v) is 4.48. The number of hydrogen-bond donors (Lipinski definition) is 1. The summed E-state index contributed by atoms with van der Waals surface area (Å²) in [6, 6.07) is 3.89. The number of carbonyl (C=O) groups is 1. The van der Waals surface area contributed by atoms with Crippen molar-refractivity contribution in [3.05, 3.63) is 35.3 Å². The van der Waals surface area contributed by atoms with E-state index in [-0.39, 0.29) is 5.91 Å². The van der Waals surface area contributed by atoms with Crippen LogP contribution in [0.2, 0.25) is 0 Å². The summed E-state index contributed by atoms with van der Waals surface area (Å²) in [6.45, 7) is 7.46. The van der Waals surface area contributed by atoms with Crippen LogP contribution in [0, 0.1) is 13.8 Å². The van der Waals surface area contributed by atoms with E-state index in [9.17, 15) is 4.79 Å². The number of pyridine rings is 1. The summed E-state index contributed by atoms with van der Waals surface area (Å²) in [4.78, 5) is 16.4. The van der Waals surface area contributed by atoms with Crippen molar-refractivity contribution in [2.24, 2.45) is 5.10 Å². The average molecular weight is 244 g/mol. The molecule has 2 rings (SSSR count). The van der Waals surface area contributed by atoms with Gasteiger partial charge in [-0.05, 0) is 45.4 Å².